The lowest BCUT2D eigenvalue weighted by molar-refractivity contribution is 0.0988. The van der Waals surface area contributed by atoms with Gasteiger partial charge in [-0.05, 0) is 23.3 Å². The van der Waals surface area contributed by atoms with Crippen molar-refractivity contribution in [2.45, 2.75) is 12.8 Å². The molecule has 0 saturated carbocycles. The minimum Gasteiger partial charge on any atom is -0.492 e. The first kappa shape index (κ1) is 12.8. The largest absolute Gasteiger partial charge is 0.492 e. The van der Waals surface area contributed by atoms with Gasteiger partial charge in [-0.15, -0.1) is 0 Å². The van der Waals surface area contributed by atoms with Gasteiger partial charge in [0.2, 0.25) is 0 Å². The highest BCUT2D eigenvalue weighted by Crippen LogP contribution is 2.30. The molecule has 0 atom stereocenters. The van der Waals surface area contributed by atoms with Crippen molar-refractivity contribution in [1.82, 2.24) is 0 Å². The summed E-state index contributed by atoms with van der Waals surface area (Å²) in [5.41, 5.74) is 1.64. The van der Waals surface area contributed by atoms with Crippen molar-refractivity contribution in [3.63, 3.8) is 0 Å². The summed E-state index contributed by atoms with van der Waals surface area (Å²) in [6, 6.07) is 8.62. The molecule has 20 heavy (non-hydrogen) atoms. The van der Waals surface area contributed by atoms with Crippen molar-refractivity contribution in [3.05, 3.63) is 64.7 Å². The first-order valence-electron chi connectivity index (χ1n) is 6.37. The van der Waals surface area contributed by atoms with Gasteiger partial charge < -0.3 is 4.74 Å². The van der Waals surface area contributed by atoms with E-state index in [4.69, 9.17) is 4.74 Å². The van der Waals surface area contributed by atoms with E-state index in [1.54, 1.807) is 12.1 Å². The molecule has 4 heteroatoms. The summed E-state index contributed by atoms with van der Waals surface area (Å²) in [4.78, 5) is 12.3. The number of fused-ring (bicyclic) bond motifs is 1. The molecule has 0 bridgehead atoms. The van der Waals surface area contributed by atoms with Crippen LogP contribution in [0.4, 0.5) is 8.78 Å². The first-order chi connectivity index (χ1) is 9.65. The third-order valence-corrected chi connectivity index (χ3v) is 3.38. The van der Waals surface area contributed by atoms with Crippen LogP contribution in [-0.4, -0.2) is 12.4 Å². The summed E-state index contributed by atoms with van der Waals surface area (Å²) in [7, 11) is 0. The SMILES string of the molecule is O=C(Cc1ccc(F)cc1F)c1cccc2c1OCC2. The summed E-state index contributed by atoms with van der Waals surface area (Å²) >= 11 is 0. The molecule has 0 aliphatic carbocycles. The molecule has 2 aromatic carbocycles. The molecular formula is C16H12F2O2. The van der Waals surface area contributed by atoms with Gasteiger partial charge in [-0.3, -0.25) is 4.79 Å². The van der Waals surface area contributed by atoms with Gasteiger partial charge in [0.05, 0.1) is 12.2 Å². The zero-order chi connectivity index (χ0) is 14.1. The maximum Gasteiger partial charge on any atom is 0.171 e. The number of hydrogen-bond donors (Lipinski definition) is 0. The fourth-order valence-electron chi connectivity index (χ4n) is 2.37. The van der Waals surface area contributed by atoms with E-state index in [1.165, 1.54) is 6.07 Å². The lowest BCUT2D eigenvalue weighted by atomic mass is 9.99. The molecule has 0 amide bonds. The van der Waals surface area contributed by atoms with E-state index in [2.05, 4.69) is 0 Å². The number of ether oxygens (including phenoxy) is 1. The van der Waals surface area contributed by atoms with E-state index in [0.717, 1.165) is 24.1 Å². The minimum atomic E-state index is -0.702. The molecular weight excluding hydrogens is 262 g/mol. The molecule has 0 radical (unpaired) electrons. The van der Waals surface area contributed by atoms with Crippen LogP contribution < -0.4 is 4.74 Å². The van der Waals surface area contributed by atoms with Crippen molar-refractivity contribution in [1.29, 1.82) is 0 Å². The van der Waals surface area contributed by atoms with Gasteiger partial charge in [-0.25, -0.2) is 8.78 Å². The molecule has 1 aliphatic rings. The fraction of sp³-hybridized carbons (Fsp3) is 0.188. The number of halogens is 2. The average Bonchev–Trinajstić information content (AvgIpc) is 2.90. The van der Waals surface area contributed by atoms with Crippen LogP contribution in [0, 0.1) is 11.6 Å². The third kappa shape index (κ3) is 2.29. The summed E-state index contributed by atoms with van der Waals surface area (Å²) in [5.74, 6) is -0.983. The molecule has 2 nitrogen and oxygen atoms in total. The Labute approximate surface area is 115 Å². The molecule has 0 fully saturated rings. The van der Waals surface area contributed by atoms with Gasteiger partial charge in [0, 0.05) is 18.9 Å². The Balaban J connectivity index is 1.89. The Morgan fingerprint density at radius 1 is 1.20 bits per heavy atom. The number of hydrogen-bond acceptors (Lipinski definition) is 2. The molecule has 2 aromatic rings. The van der Waals surface area contributed by atoms with Gasteiger partial charge in [-0.2, -0.15) is 0 Å². The van der Waals surface area contributed by atoms with Crippen LogP contribution in [0.1, 0.15) is 21.5 Å². The highest BCUT2D eigenvalue weighted by atomic mass is 19.1. The summed E-state index contributed by atoms with van der Waals surface area (Å²) < 4.78 is 31.9. The van der Waals surface area contributed by atoms with E-state index in [1.807, 2.05) is 6.07 Å². The fourth-order valence-corrected chi connectivity index (χ4v) is 2.37. The van der Waals surface area contributed by atoms with Gasteiger partial charge in [0.15, 0.2) is 5.78 Å². The van der Waals surface area contributed by atoms with E-state index in [-0.39, 0.29) is 17.8 Å². The molecule has 0 N–H and O–H groups in total. The van der Waals surface area contributed by atoms with E-state index < -0.39 is 11.6 Å². The summed E-state index contributed by atoms with van der Waals surface area (Å²) in [6.07, 6.45) is 0.674. The number of benzene rings is 2. The van der Waals surface area contributed by atoms with Crippen molar-refractivity contribution >= 4 is 5.78 Å². The number of carbonyl (C=O) groups excluding carboxylic acids is 1. The molecule has 0 saturated heterocycles. The van der Waals surface area contributed by atoms with Crippen LogP contribution in [0.15, 0.2) is 36.4 Å². The number of carbonyl (C=O) groups is 1. The Kier molecular flexibility index (Phi) is 3.22. The van der Waals surface area contributed by atoms with Crippen LogP contribution in [0.5, 0.6) is 5.75 Å². The molecule has 0 spiro atoms. The van der Waals surface area contributed by atoms with Gasteiger partial charge >= 0.3 is 0 Å². The first-order valence-corrected chi connectivity index (χ1v) is 6.37. The molecule has 0 aromatic heterocycles. The Morgan fingerprint density at radius 2 is 2.05 bits per heavy atom. The van der Waals surface area contributed by atoms with Crippen molar-refractivity contribution in [2.24, 2.45) is 0 Å². The Hall–Kier alpha value is -2.23. The quantitative estimate of drug-likeness (QED) is 0.802. The number of para-hydroxylation sites is 1. The second-order valence-corrected chi connectivity index (χ2v) is 4.73. The zero-order valence-electron chi connectivity index (χ0n) is 10.7. The lowest BCUT2D eigenvalue weighted by Crippen LogP contribution is -2.07. The highest BCUT2D eigenvalue weighted by Gasteiger charge is 2.21. The zero-order valence-corrected chi connectivity index (χ0v) is 10.7. The van der Waals surface area contributed by atoms with Crippen LogP contribution >= 0.6 is 0 Å². The maximum absolute atomic E-state index is 13.6. The number of Topliss-reactive ketones (excluding diaryl/α,β-unsaturated/α-hetero) is 1. The second kappa shape index (κ2) is 5.04. The molecule has 102 valence electrons. The Morgan fingerprint density at radius 3 is 2.85 bits per heavy atom. The van der Waals surface area contributed by atoms with Crippen LogP contribution in [0.25, 0.3) is 0 Å². The molecule has 0 unspecified atom stereocenters. The highest BCUT2D eigenvalue weighted by molar-refractivity contribution is 6.00. The maximum atomic E-state index is 13.6. The normalized spacial score (nSPS) is 12.9. The topological polar surface area (TPSA) is 26.3 Å². The molecule has 3 rings (SSSR count). The van der Waals surface area contributed by atoms with Crippen LogP contribution in [-0.2, 0) is 12.8 Å². The minimum absolute atomic E-state index is 0.105. The number of ketones is 1. The predicted molar refractivity (Wildman–Crippen MR) is 70.0 cm³/mol. The predicted octanol–water partition coefficient (Wildman–Crippen LogP) is 3.33. The van der Waals surface area contributed by atoms with Gasteiger partial charge in [0.25, 0.3) is 0 Å². The summed E-state index contributed by atoms with van der Waals surface area (Å²) in [5, 5.41) is 0. The summed E-state index contributed by atoms with van der Waals surface area (Å²) in [6.45, 7) is 0.560. The second-order valence-electron chi connectivity index (χ2n) is 4.73. The third-order valence-electron chi connectivity index (χ3n) is 3.38. The van der Waals surface area contributed by atoms with Crippen LogP contribution in [0.3, 0.4) is 0 Å². The molecule has 1 aliphatic heterocycles. The van der Waals surface area contributed by atoms with Crippen molar-refractivity contribution in [3.8, 4) is 5.75 Å². The van der Waals surface area contributed by atoms with Gasteiger partial charge in [0.1, 0.15) is 17.4 Å². The van der Waals surface area contributed by atoms with Crippen molar-refractivity contribution < 1.29 is 18.3 Å². The number of rotatable bonds is 3. The average molecular weight is 274 g/mol. The smallest absolute Gasteiger partial charge is 0.171 e. The van der Waals surface area contributed by atoms with E-state index >= 15 is 0 Å². The van der Waals surface area contributed by atoms with E-state index in [0.29, 0.717) is 17.9 Å². The van der Waals surface area contributed by atoms with Gasteiger partial charge in [-0.1, -0.05) is 18.2 Å². The van der Waals surface area contributed by atoms with Crippen LogP contribution in [0.2, 0.25) is 0 Å². The Bertz CT molecular complexity index is 680. The van der Waals surface area contributed by atoms with Crippen molar-refractivity contribution in [2.75, 3.05) is 6.61 Å². The van der Waals surface area contributed by atoms with E-state index in [9.17, 15) is 13.6 Å². The standard InChI is InChI=1S/C16H12F2O2/c17-12-5-4-11(14(18)9-12)8-15(19)13-3-1-2-10-6-7-20-16(10)13/h1-5,9H,6-8H2. The lowest BCUT2D eigenvalue weighted by Gasteiger charge is -2.07. The monoisotopic (exact) mass is 274 g/mol. The molecule has 1 heterocycles.